The maximum atomic E-state index is 14.7. The maximum absolute atomic E-state index is 14.7. The number of carbonyl (C=O) groups is 2. The van der Waals surface area contributed by atoms with Crippen LogP contribution in [0.2, 0.25) is 0 Å². The van der Waals surface area contributed by atoms with Gasteiger partial charge in [-0.05, 0) is 44.1 Å². The van der Waals surface area contributed by atoms with Crippen molar-refractivity contribution in [2.24, 2.45) is 5.92 Å². The van der Waals surface area contributed by atoms with Gasteiger partial charge in [0.25, 0.3) is 5.91 Å². The molecule has 1 aromatic rings. The molecule has 1 aliphatic heterocycles. The number of rotatable bonds is 5. The number of amides is 2. The molecule has 7 heteroatoms. The first-order valence-corrected chi connectivity index (χ1v) is 9.68. The van der Waals surface area contributed by atoms with E-state index in [-0.39, 0.29) is 18.2 Å². The van der Waals surface area contributed by atoms with Crippen molar-refractivity contribution in [2.75, 3.05) is 13.1 Å². The molecule has 2 fully saturated rings. The van der Waals surface area contributed by atoms with E-state index in [4.69, 9.17) is 0 Å². The van der Waals surface area contributed by atoms with Crippen molar-refractivity contribution in [1.29, 1.82) is 0 Å². The van der Waals surface area contributed by atoms with Crippen LogP contribution in [0.3, 0.4) is 0 Å². The second kappa shape index (κ2) is 8.18. The van der Waals surface area contributed by atoms with Crippen LogP contribution in [-0.2, 0) is 16.0 Å². The number of halogens is 1. The van der Waals surface area contributed by atoms with Crippen LogP contribution >= 0.6 is 0 Å². The highest BCUT2D eigenvalue weighted by Crippen LogP contribution is 2.30. The summed E-state index contributed by atoms with van der Waals surface area (Å²) in [6, 6.07) is 0. The fourth-order valence-electron chi connectivity index (χ4n) is 4.27. The summed E-state index contributed by atoms with van der Waals surface area (Å²) < 4.78 is 14.7. The van der Waals surface area contributed by atoms with Gasteiger partial charge in [-0.3, -0.25) is 14.7 Å². The molecule has 2 unspecified atom stereocenters. The summed E-state index contributed by atoms with van der Waals surface area (Å²) >= 11 is 0. The summed E-state index contributed by atoms with van der Waals surface area (Å²) in [6.45, 7) is 2.88. The second-order valence-corrected chi connectivity index (χ2v) is 8.06. The fourth-order valence-corrected chi connectivity index (χ4v) is 4.27. The molecule has 2 aliphatic rings. The third-order valence-electron chi connectivity index (χ3n) is 5.67. The smallest absolute Gasteiger partial charge is 0.257 e. The number of carbonyl (C=O) groups excluding carboxylic acids is 2. The van der Waals surface area contributed by atoms with Crippen molar-refractivity contribution in [3.63, 3.8) is 0 Å². The van der Waals surface area contributed by atoms with Gasteiger partial charge in [-0.2, -0.15) is 5.10 Å². The highest BCUT2D eigenvalue weighted by atomic mass is 19.1. The number of likely N-dealkylation sites (tertiary alicyclic amines) is 1. The van der Waals surface area contributed by atoms with Gasteiger partial charge in [-0.15, -0.1) is 0 Å². The molecule has 0 radical (unpaired) electrons. The van der Waals surface area contributed by atoms with E-state index >= 15 is 0 Å². The third-order valence-corrected chi connectivity index (χ3v) is 5.67. The minimum atomic E-state index is -1.40. The summed E-state index contributed by atoms with van der Waals surface area (Å²) in [4.78, 5) is 26.6. The molecule has 2 heterocycles. The molecular weight excluding hydrogens is 335 g/mol. The van der Waals surface area contributed by atoms with Gasteiger partial charge in [-0.25, -0.2) is 4.39 Å². The van der Waals surface area contributed by atoms with Gasteiger partial charge >= 0.3 is 0 Å². The summed E-state index contributed by atoms with van der Waals surface area (Å²) in [5, 5.41) is 9.57. The fraction of sp³-hybridized carbons (Fsp3) is 0.737. The molecule has 1 saturated carbocycles. The number of nitrogens with one attached hydrogen (secondary N) is 2. The molecule has 0 spiro atoms. The number of nitrogens with zero attached hydrogens (tertiary/aromatic N) is 2. The average Bonchev–Trinajstić information content (AvgIpc) is 3.13. The Morgan fingerprint density at radius 2 is 2.15 bits per heavy atom. The molecule has 1 aromatic heterocycles. The van der Waals surface area contributed by atoms with Crippen LogP contribution in [0.25, 0.3) is 0 Å². The Hall–Kier alpha value is -1.92. The molecule has 3 rings (SSSR count). The van der Waals surface area contributed by atoms with Crippen LogP contribution < -0.4 is 5.32 Å². The van der Waals surface area contributed by atoms with E-state index in [1.807, 2.05) is 6.92 Å². The largest absolute Gasteiger partial charge is 0.349 e. The van der Waals surface area contributed by atoms with E-state index < -0.39 is 17.6 Å². The molecule has 2 amide bonds. The predicted molar refractivity (Wildman–Crippen MR) is 96.1 cm³/mol. The molecule has 2 atom stereocenters. The van der Waals surface area contributed by atoms with E-state index in [0.717, 1.165) is 50.5 Å². The molecule has 1 saturated heterocycles. The van der Waals surface area contributed by atoms with Gasteiger partial charge in [0.15, 0.2) is 6.17 Å². The SMILES string of the molecule is CC1(NC(=O)Cc2cn[nH]c2)CCCN(C(=O)C(F)C2CCCCC2)C1. The van der Waals surface area contributed by atoms with Crippen LogP contribution in [0.1, 0.15) is 57.4 Å². The first-order valence-electron chi connectivity index (χ1n) is 9.68. The maximum Gasteiger partial charge on any atom is 0.257 e. The number of aromatic nitrogens is 2. The number of piperidine rings is 1. The zero-order valence-electron chi connectivity index (χ0n) is 15.5. The summed E-state index contributed by atoms with van der Waals surface area (Å²) in [6.07, 6.45) is 8.49. The van der Waals surface area contributed by atoms with Crippen LogP contribution in [0.5, 0.6) is 0 Å². The Bertz CT molecular complexity index is 615. The Balaban J connectivity index is 1.56. The number of hydrogen-bond acceptors (Lipinski definition) is 3. The molecule has 2 N–H and O–H groups in total. The normalized spacial score (nSPS) is 25.7. The van der Waals surface area contributed by atoms with E-state index in [1.54, 1.807) is 17.3 Å². The first kappa shape index (κ1) is 18.9. The number of alkyl halides is 1. The minimum Gasteiger partial charge on any atom is -0.349 e. The highest BCUT2D eigenvalue weighted by Gasteiger charge is 2.39. The highest BCUT2D eigenvalue weighted by molar-refractivity contribution is 5.82. The summed E-state index contributed by atoms with van der Waals surface area (Å²) in [7, 11) is 0. The van der Waals surface area contributed by atoms with Crippen molar-refractivity contribution in [3.05, 3.63) is 18.0 Å². The van der Waals surface area contributed by atoms with Crippen LogP contribution in [0.4, 0.5) is 4.39 Å². The summed E-state index contributed by atoms with van der Waals surface area (Å²) in [5.74, 6) is -0.640. The van der Waals surface area contributed by atoms with Crippen molar-refractivity contribution < 1.29 is 14.0 Å². The van der Waals surface area contributed by atoms with Crippen LogP contribution in [0, 0.1) is 5.92 Å². The van der Waals surface area contributed by atoms with E-state index in [9.17, 15) is 14.0 Å². The van der Waals surface area contributed by atoms with Crippen molar-refractivity contribution in [1.82, 2.24) is 20.4 Å². The van der Waals surface area contributed by atoms with Crippen molar-refractivity contribution in [3.8, 4) is 0 Å². The quantitative estimate of drug-likeness (QED) is 0.842. The summed E-state index contributed by atoms with van der Waals surface area (Å²) in [5.41, 5.74) is 0.303. The van der Waals surface area contributed by atoms with Gasteiger partial charge in [0.05, 0.1) is 18.2 Å². The predicted octanol–water partition coefficient (Wildman–Crippen LogP) is 2.37. The lowest BCUT2D eigenvalue weighted by Gasteiger charge is -2.42. The topological polar surface area (TPSA) is 78.1 Å². The van der Waals surface area contributed by atoms with E-state index in [1.165, 1.54) is 0 Å². The van der Waals surface area contributed by atoms with Gasteiger partial charge in [0.1, 0.15) is 0 Å². The molecule has 0 aromatic carbocycles. The Kier molecular flexibility index (Phi) is 5.94. The van der Waals surface area contributed by atoms with Crippen molar-refractivity contribution in [2.45, 2.75) is 70.0 Å². The monoisotopic (exact) mass is 364 g/mol. The minimum absolute atomic E-state index is 0.104. The zero-order valence-corrected chi connectivity index (χ0v) is 15.5. The first-order chi connectivity index (χ1) is 12.5. The number of H-pyrrole nitrogens is 1. The van der Waals surface area contributed by atoms with E-state index in [2.05, 4.69) is 15.5 Å². The molecule has 0 bridgehead atoms. The lowest BCUT2D eigenvalue weighted by atomic mass is 9.84. The number of hydrogen-bond donors (Lipinski definition) is 2. The Morgan fingerprint density at radius 1 is 1.38 bits per heavy atom. The van der Waals surface area contributed by atoms with Gasteiger partial charge in [-0.1, -0.05) is 19.3 Å². The standard InChI is InChI=1S/C19H29FN4O2/c1-19(23-16(25)10-14-11-21-22-12-14)8-5-9-24(13-19)18(26)17(20)15-6-3-2-4-7-15/h11-12,15,17H,2-10,13H2,1H3,(H,21,22)(H,23,25). The van der Waals surface area contributed by atoms with E-state index in [0.29, 0.717) is 13.1 Å². The zero-order chi connectivity index (χ0) is 18.6. The lowest BCUT2D eigenvalue weighted by molar-refractivity contribution is -0.142. The Labute approximate surface area is 153 Å². The van der Waals surface area contributed by atoms with Crippen LogP contribution in [-0.4, -0.2) is 51.7 Å². The molecule has 1 aliphatic carbocycles. The van der Waals surface area contributed by atoms with Gasteiger partial charge < -0.3 is 10.2 Å². The molecule has 144 valence electrons. The molecule has 6 nitrogen and oxygen atoms in total. The average molecular weight is 364 g/mol. The third kappa shape index (κ3) is 4.62. The lowest BCUT2D eigenvalue weighted by Crippen LogP contribution is -2.59. The molecular formula is C19H29FN4O2. The van der Waals surface area contributed by atoms with Crippen molar-refractivity contribution >= 4 is 11.8 Å². The second-order valence-electron chi connectivity index (χ2n) is 8.06. The van der Waals surface area contributed by atoms with Gasteiger partial charge in [0.2, 0.25) is 5.91 Å². The number of aromatic amines is 1. The van der Waals surface area contributed by atoms with Gasteiger partial charge in [0, 0.05) is 19.3 Å². The molecule has 26 heavy (non-hydrogen) atoms. The Morgan fingerprint density at radius 3 is 2.85 bits per heavy atom. The van der Waals surface area contributed by atoms with Crippen LogP contribution in [0.15, 0.2) is 12.4 Å².